The van der Waals surface area contributed by atoms with E-state index in [1.165, 1.54) is 25.7 Å². The van der Waals surface area contributed by atoms with Gasteiger partial charge in [-0.3, -0.25) is 0 Å². The summed E-state index contributed by atoms with van der Waals surface area (Å²) < 4.78 is 10.9. The summed E-state index contributed by atoms with van der Waals surface area (Å²) in [5, 5.41) is 0. The van der Waals surface area contributed by atoms with Crippen molar-refractivity contribution in [1.29, 1.82) is 0 Å². The lowest BCUT2D eigenvalue weighted by molar-refractivity contribution is 0.0394. The van der Waals surface area contributed by atoms with Gasteiger partial charge in [-0.25, -0.2) is 4.79 Å². The molecule has 0 aliphatic heterocycles. The Morgan fingerprint density at radius 1 is 1.33 bits per heavy atom. The van der Waals surface area contributed by atoms with E-state index >= 15 is 0 Å². The van der Waals surface area contributed by atoms with Gasteiger partial charge in [0.15, 0.2) is 0 Å². The van der Waals surface area contributed by atoms with Crippen LogP contribution in [0.15, 0.2) is 18.2 Å². The quantitative estimate of drug-likeness (QED) is 0.667. The van der Waals surface area contributed by atoms with E-state index in [1.807, 2.05) is 6.92 Å². The van der Waals surface area contributed by atoms with Crippen LogP contribution in [0, 0.1) is 17.8 Å². The molecular formula is C17H23NO3. The molecule has 2 bridgehead atoms. The van der Waals surface area contributed by atoms with Crippen molar-refractivity contribution in [2.75, 3.05) is 18.9 Å². The van der Waals surface area contributed by atoms with E-state index in [0.717, 1.165) is 11.8 Å². The number of hydrogen-bond acceptors (Lipinski definition) is 4. The number of nitrogen functional groups attached to an aromatic ring is 1. The number of rotatable bonds is 5. The van der Waals surface area contributed by atoms with Gasteiger partial charge in [0.05, 0.1) is 24.5 Å². The molecule has 1 aromatic rings. The van der Waals surface area contributed by atoms with E-state index in [-0.39, 0.29) is 5.97 Å². The minimum Gasteiger partial charge on any atom is -0.492 e. The highest BCUT2D eigenvalue weighted by molar-refractivity contribution is 5.91. The van der Waals surface area contributed by atoms with E-state index in [0.29, 0.717) is 36.1 Å². The second kappa shape index (κ2) is 5.96. The van der Waals surface area contributed by atoms with E-state index in [4.69, 9.17) is 15.2 Å². The molecule has 4 heteroatoms. The van der Waals surface area contributed by atoms with Crippen LogP contribution < -0.4 is 10.5 Å². The van der Waals surface area contributed by atoms with Crippen LogP contribution in [0.4, 0.5) is 5.69 Å². The molecule has 21 heavy (non-hydrogen) atoms. The van der Waals surface area contributed by atoms with Crippen LogP contribution in [0.3, 0.4) is 0 Å². The molecule has 1 aromatic carbocycles. The van der Waals surface area contributed by atoms with Crippen molar-refractivity contribution in [3.63, 3.8) is 0 Å². The number of fused-ring (bicyclic) bond motifs is 2. The lowest BCUT2D eigenvalue weighted by Gasteiger charge is -2.21. The van der Waals surface area contributed by atoms with Gasteiger partial charge >= 0.3 is 5.97 Å². The van der Waals surface area contributed by atoms with Crippen LogP contribution in [0.5, 0.6) is 5.75 Å². The van der Waals surface area contributed by atoms with Gasteiger partial charge in [-0.05, 0) is 62.1 Å². The largest absolute Gasteiger partial charge is 0.492 e. The Morgan fingerprint density at radius 2 is 2.19 bits per heavy atom. The highest BCUT2D eigenvalue weighted by atomic mass is 16.5. The summed E-state index contributed by atoms with van der Waals surface area (Å²) in [7, 11) is 0. The number of hydrogen-bond donors (Lipinski definition) is 1. The Bertz CT molecular complexity index is 529. The normalized spacial score (nSPS) is 26.8. The number of nitrogens with two attached hydrogens (primary N) is 1. The summed E-state index contributed by atoms with van der Waals surface area (Å²) in [4.78, 5) is 12.1. The fourth-order valence-corrected chi connectivity index (χ4v) is 3.81. The van der Waals surface area contributed by atoms with Crippen molar-refractivity contribution in [3.8, 4) is 5.75 Å². The zero-order valence-electron chi connectivity index (χ0n) is 12.5. The molecule has 0 aromatic heterocycles. The predicted octanol–water partition coefficient (Wildman–Crippen LogP) is 3.26. The number of carbonyl (C=O) groups is 1. The van der Waals surface area contributed by atoms with Crippen molar-refractivity contribution in [2.45, 2.75) is 32.6 Å². The van der Waals surface area contributed by atoms with Crippen LogP contribution in [-0.4, -0.2) is 19.2 Å². The average Bonchev–Trinajstić information content (AvgIpc) is 3.09. The minimum absolute atomic E-state index is 0.285. The van der Waals surface area contributed by atoms with E-state index in [9.17, 15) is 4.79 Å². The Balaban J connectivity index is 1.56. The predicted molar refractivity (Wildman–Crippen MR) is 81.2 cm³/mol. The lowest BCUT2D eigenvalue weighted by atomic mass is 9.89. The second-order valence-electron chi connectivity index (χ2n) is 6.22. The molecule has 3 unspecified atom stereocenters. The zero-order valence-corrected chi connectivity index (χ0v) is 12.5. The first-order chi connectivity index (χ1) is 10.2. The summed E-state index contributed by atoms with van der Waals surface area (Å²) in [6, 6.07) is 5.07. The molecule has 0 spiro atoms. The Kier molecular flexibility index (Phi) is 4.04. The maximum absolute atomic E-state index is 12.1. The third-order valence-electron chi connectivity index (χ3n) is 4.86. The third-order valence-corrected chi connectivity index (χ3v) is 4.86. The van der Waals surface area contributed by atoms with Gasteiger partial charge in [0.2, 0.25) is 0 Å². The van der Waals surface area contributed by atoms with Crippen molar-refractivity contribution < 1.29 is 14.3 Å². The topological polar surface area (TPSA) is 61.5 Å². The first-order valence-corrected chi connectivity index (χ1v) is 7.86. The first-order valence-electron chi connectivity index (χ1n) is 7.86. The van der Waals surface area contributed by atoms with E-state index < -0.39 is 0 Å². The molecule has 114 valence electrons. The second-order valence-corrected chi connectivity index (χ2v) is 6.22. The molecule has 0 saturated heterocycles. The number of ether oxygens (including phenoxy) is 2. The first kappa shape index (κ1) is 14.2. The molecule has 2 saturated carbocycles. The van der Waals surface area contributed by atoms with Gasteiger partial charge in [-0.1, -0.05) is 6.42 Å². The van der Waals surface area contributed by atoms with Gasteiger partial charge < -0.3 is 15.2 Å². The van der Waals surface area contributed by atoms with Gasteiger partial charge in [-0.15, -0.1) is 0 Å². The maximum atomic E-state index is 12.1. The summed E-state index contributed by atoms with van der Waals surface area (Å²) in [6.45, 7) is 3.00. The monoisotopic (exact) mass is 289 g/mol. The Morgan fingerprint density at radius 3 is 2.81 bits per heavy atom. The van der Waals surface area contributed by atoms with Crippen LogP contribution >= 0.6 is 0 Å². The third kappa shape index (κ3) is 2.99. The van der Waals surface area contributed by atoms with Crippen molar-refractivity contribution >= 4 is 11.7 Å². The van der Waals surface area contributed by atoms with Crippen molar-refractivity contribution in [3.05, 3.63) is 23.8 Å². The number of carbonyl (C=O) groups excluding carboxylic acids is 1. The lowest BCUT2D eigenvalue weighted by Crippen LogP contribution is -2.19. The molecule has 4 nitrogen and oxygen atoms in total. The Hall–Kier alpha value is -1.71. The van der Waals surface area contributed by atoms with Crippen LogP contribution in [0.25, 0.3) is 0 Å². The van der Waals surface area contributed by atoms with Gasteiger partial charge in [0.25, 0.3) is 0 Å². The molecule has 2 aliphatic carbocycles. The average molecular weight is 289 g/mol. The fourth-order valence-electron chi connectivity index (χ4n) is 3.81. The van der Waals surface area contributed by atoms with Gasteiger partial charge in [-0.2, -0.15) is 0 Å². The van der Waals surface area contributed by atoms with Crippen LogP contribution in [0.1, 0.15) is 43.0 Å². The van der Waals surface area contributed by atoms with Gasteiger partial charge in [0, 0.05) is 0 Å². The molecule has 2 aliphatic rings. The van der Waals surface area contributed by atoms with Crippen molar-refractivity contribution in [2.24, 2.45) is 17.8 Å². The summed E-state index contributed by atoms with van der Waals surface area (Å²) in [5.41, 5.74) is 6.86. The van der Waals surface area contributed by atoms with Crippen molar-refractivity contribution in [1.82, 2.24) is 0 Å². The molecule has 0 amide bonds. The number of esters is 1. The number of benzene rings is 1. The molecule has 0 radical (unpaired) electrons. The van der Waals surface area contributed by atoms with Gasteiger partial charge in [0.1, 0.15) is 5.75 Å². The summed E-state index contributed by atoms with van der Waals surface area (Å²) in [5.74, 6) is 2.54. The molecular weight excluding hydrogens is 266 g/mol. The Labute approximate surface area is 125 Å². The molecule has 2 fully saturated rings. The summed E-state index contributed by atoms with van der Waals surface area (Å²) >= 11 is 0. The maximum Gasteiger partial charge on any atom is 0.338 e. The van der Waals surface area contributed by atoms with Crippen LogP contribution in [-0.2, 0) is 4.74 Å². The minimum atomic E-state index is -0.285. The highest BCUT2D eigenvalue weighted by Crippen LogP contribution is 2.48. The standard InChI is InChI=1S/C17H23NO3/c1-2-20-16-6-5-13(9-15(16)18)17(19)21-10-14-8-11-3-4-12(14)7-11/h5-6,9,11-12,14H,2-4,7-8,10,18H2,1H3. The number of anilines is 1. The molecule has 0 heterocycles. The fraction of sp³-hybridized carbons (Fsp3) is 0.588. The molecule has 3 rings (SSSR count). The van der Waals surface area contributed by atoms with Crippen LogP contribution in [0.2, 0.25) is 0 Å². The molecule has 3 atom stereocenters. The van der Waals surface area contributed by atoms with E-state index in [1.54, 1.807) is 18.2 Å². The zero-order chi connectivity index (χ0) is 14.8. The van der Waals surface area contributed by atoms with E-state index in [2.05, 4.69) is 0 Å². The smallest absolute Gasteiger partial charge is 0.338 e. The highest BCUT2D eigenvalue weighted by Gasteiger charge is 2.39. The SMILES string of the molecule is CCOc1ccc(C(=O)OCC2CC3CCC2C3)cc1N. The summed E-state index contributed by atoms with van der Waals surface area (Å²) in [6.07, 6.45) is 5.23. The molecule has 2 N–H and O–H groups in total.